The van der Waals surface area contributed by atoms with Gasteiger partial charge in [0.2, 0.25) is 0 Å². The summed E-state index contributed by atoms with van der Waals surface area (Å²) in [6.07, 6.45) is 19.4. The van der Waals surface area contributed by atoms with Crippen molar-refractivity contribution in [2.75, 3.05) is 0 Å². The fraction of sp³-hybridized carbons (Fsp3) is 0.880. The maximum absolute atomic E-state index is 11.5. The zero-order chi connectivity index (χ0) is 23.7. The lowest BCUT2D eigenvalue weighted by molar-refractivity contribution is -0.293. The summed E-state index contributed by atoms with van der Waals surface area (Å²) in [4.78, 5) is 51.5. The van der Waals surface area contributed by atoms with Crippen molar-refractivity contribution in [1.29, 1.82) is 0 Å². The molecule has 0 saturated heterocycles. The predicted molar refractivity (Wildman–Crippen MR) is 123 cm³/mol. The van der Waals surface area contributed by atoms with Gasteiger partial charge in [0.25, 0.3) is 0 Å². The monoisotopic (exact) mass is 458 g/mol. The van der Waals surface area contributed by atoms with Gasteiger partial charge >= 0.3 is 18.1 Å². The number of hydrogen-bond donors (Lipinski definition) is 0. The molecule has 0 bridgehead atoms. The molecule has 0 aliphatic heterocycles. The molecular formula is C25H46O7. The van der Waals surface area contributed by atoms with Gasteiger partial charge in [-0.2, -0.15) is 4.79 Å². The van der Waals surface area contributed by atoms with Crippen LogP contribution in [0.5, 0.6) is 0 Å². The van der Waals surface area contributed by atoms with Crippen LogP contribution in [0, 0.1) is 0 Å². The van der Waals surface area contributed by atoms with E-state index in [2.05, 4.69) is 33.4 Å². The number of unbranched alkanes of at least 4 members (excludes halogenated alkanes) is 16. The highest BCUT2D eigenvalue weighted by molar-refractivity contribution is 5.71. The Kier molecular flexibility index (Phi) is 22.5. The summed E-state index contributed by atoms with van der Waals surface area (Å²) >= 11 is 0. The molecule has 0 radical (unpaired) electrons. The van der Waals surface area contributed by atoms with Gasteiger partial charge in [-0.15, -0.1) is 0 Å². The largest absolute Gasteiger partial charge is 0.591 e. The zero-order valence-electron chi connectivity index (χ0n) is 20.5. The molecular weight excluding hydrogens is 412 g/mol. The predicted octanol–water partition coefficient (Wildman–Crippen LogP) is 7.90. The minimum Gasteiger partial charge on any atom is -0.247 e. The SMILES string of the molecule is CCCCCCCCCCCC(=O)OOC(=O)OOC(=O)CCCCCCCCCCC. The quantitative estimate of drug-likeness (QED) is 0.104. The molecule has 188 valence electrons. The lowest BCUT2D eigenvalue weighted by atomic mass is 10.1. The standard InChI is InChI=1S/C25H46O7/c1-3-5-7-9-11-13-15-17-19-21-23(26)29-31-25(28)32-30-24(27)22-20-18-16-14-12-10-8-6-4-2/h3-22H2,1-2H3. The zero-order valence-corrected chi connectivity index (χ0v) is 20.5. The van der Waals surface area contributed by atoms with E-state index < -0.39 is 18.1 Å². The van der Waals surface area contributed by atoms with Crippen molar-refractivity contribution < 1.29 is 33.9 Å². The normalized spacial score (nSPS) is 10.6. The van der Waals surface area contributed by atoms with Gasteiger partial charge in [0.05, 0.1) is 12.8 Å². The summed E-state index contributed by atoms with van der Waals surface area (Å²) in [7, 11) is 0. The molecule has 0 fully saturated rings. The van der Waals surface area contributed by atoms with Crippen molar-refractivity contribution in [1.82, 2.24) is 0 Å². The van der Waals surface area contributed by atoms with Gasteiger partial charge in [-0.25, -0.2) is 29.1 Å². The third-order valence-electron chi connectivity index (χ3n) is 5.37. The van der Waals surface area contributed by atoms with E-state index in [0.717, 1.165) is 25.7 Å². The average molecular weight is 459 g/mol. The highest BCUT2D eigenvalue weighted by Gasteiger charge is 2.14. The third kappa shape index (κ3) is 22.9. The second kappa shape index (κ2) is 23.9. The number of hydrogen-bond acceptors (Lipinski definition) is 7. The van der Waals surface area contributed by atoms with E-state index >= 15 is 0 Å². The molecule has 0 aliphatic carbocycles. The number of carbonyl (C=O) groups excluding carboxylic acids is 3. The first kappa shape index (κ1) is 30.2. The Balaban J connectivity index is 3.46. The summed E-state index contributed by atoms with van der Waals surface area (Å²) in [6, 6.07) is 0. The Morgan fingerprint density at radius 2 is 0.688 bits per heavy atom. The van der Waals surface area contributed by atoms with Crippen molar-refractivity contribution in [3.63, 3.8) is 0 Å². The van der Waals surface area contributed by atoms with E-state index in [0.29, 0.717) is 12.8 Å². The first-order chi connectivity index (χ1) is 15.6. The van der Waals surface area contributed by atoms with Gasteiger partial charge in [0, 0.05) is 0 Å². The van der Waals surface area contributed by atoms with Gasteiger partial charge in [0.1, 0.15) is 0 Å². The van der Waals surface area contributed by atoms with E-state index in [4.69, 9.17) is 0 Å². The first-order valence-corrected chi connectivity index (χ1v) is 12.9. The van der Waals surface area contributed by atoms with Crippen LogP contribution in [0.3, 0.4) is 0 Å². The summed E-state index contributed by atoms with van der Waals surface area (Å²) in [5.41, 5.74) is 0. The third-order valence-corrected chi connectivity index (χ3v) is 5.37. The van der Waals surface area contributed by atoms with Crippen LogP contribution >= 0.6 is 0 Å². The van der Waals surface area contributed by atoms with Crippen molar-refractivity contribution >= 4 is 18.1 Å². The van der Waals surface area contributed by atoms with Crippen LogP contribution in [0.2, 0.25) is 0 Å². The smallest absolute Gasteiger partial charge is 0.247 e. The fourth-order valence-corrected chi connectivity index (χ4v) is 3.42. The van der Waals surface area contributed by atoms with E-state index in [9.17, 15) is 14.4 Å². The second-order valence-corrected chi connectivity index (χ2v) is 8.48. The van der Waals surface area contributed by atoms with Gasteiger partial charge in [-0.05, 0) is 12.8 Å². The number of rotatable bonds is 20. The highest BCUT2D eigenvalue weighted by Crippen LogP contribution is 2.12. The average Bonchev–Trinajstić information content (AvgIpc) is 2.79. The summed E-state index contributed by atoms with van der Waals surface area (Å²) < 4.78 is 0. The van der Waals surface area contributed by atoms with Crippen molar-refractivity contribution in [2.45, 2.75) is 142 Å². The van der Waals surface area contributed by atoms with Crippen LogP contribution in [0.4, 0.5) is 4.79 Å². The van der Waals surface area contributed by atoms with Gasteiger partial charge in [-0.1, -0.05) is 117 Å². The Labute approximate surface area is 194 Å². The minimum absolute atomic E-state index is 0.168. The first-order valence-electron chi connectivity index (χ1n) is 12.9. The van der Waals surface area contributed by atoms with Crippen molar-refractivity contribution in [3.05, 3.63) is 0 Å². The molecule has 7 heteroatoms. The molecule has 0 atom stereocenters. The van der Waals surface area contributed by atoms with Crippen LogP contribution < -0.4 is 0 Å². The Morgan fingerprint density at radius 3 is 1.00 bits per heavy atom. The van der Waals surface area contributed by atoms with Crippen molar-refractivity contribution in [3.8, 4) is 0 Å². The Morgan fingerprint density at radius 1 is 0.406 bits per heavy atom. The maximum atomic E-state index is 11.5. The maximum Gasteiger partial charge on any atom is 0.591 e. The molecule has 0 spiro atoms. The van der Waals surface area contributed by atoms with Gasteiger partial charge in [-0.3, -0.25) is 0 Å². The van der Waals surface area contributed by atoms with Gasteiger partial charge < -0.3 is 0 Å². The molecule has 0 aromatic carbocycles. The fourth-order valence-electron chi connectivity index (χ4n) is 3.42. The van der Waals surface area contributed by atoms with E-state index in [1.807, 2.05) is 0 Å². The van der Waals surface area contributed by atoms with E-state index in [-0.39, 0.29) is 12.8 Å². The lowest BCUT2D eigenvalue weighted by Crippen LogP contribution is -2.15. The minimum atomic E-state index is -1.37. The van der Waals surface area contributed by atoms with Crippen LogP contribution in [0.25, 0.3) is 0 Å². The molecule has 0 aliphatic rings. The molecule has 0 saturated carbocycles. The molecule has 0 unspecified atom stereocenters. The second-order valence-electron chi connectivity index (χ2n) is 8.48. The van der Waals surface area contributed by atoms with Crippen LogP contribution in [-0.2, 0) is 29.1 Å². The molecule has 0 aromatic rings. The topological polar surface area (TPSA) is 88.1 Å². The molecule has 32 heavy (non-hydrogen) atoms. The van der Waals surface area contributed by atoms with Crippen LogP contribution in [0.15, 0.2) is 0 Å². The van der Waals surface area contributed by atoms with Crippen LogP contribution in [-0.4, -0.2) is 18.1 Å². The van der Waals surface area contributed by atoms with Crippen molar-refractivity contribution in [2.24, 2.45) is 0 Å². The van der Waals surface area contributed by atoms with E-state index in [1.165, 1.54) is 77.0 Å². The van der Waals surface area contributed by atoms with E-state index in [1.54, 1.807) is 0 Å². The Hall–Kier alpha value is -1.79. The molecule has 0 amide bonds. The molecule has 0 aromatic heterocycles. The number of carbonyl (C=O) groups is 3. The summed E-state index contributed by atoms with van der Waals surface area (Å²) in [6.45, 7) is 4.41. The summed E-state index contributed by atoms with van der Waals surface area (Å²) in [5, 5.41) is 0. The molecule has 0 rings (SSSR count). The highest BCUT2D eigenvalue weighted by atomic mass is 17.3. The molecule has 0 N–H and O–H groups in total. The summed E-state index contributed by atoms with van der Waals surface area (Å²) in [5.74, 6) is -1.29. The molecule has 7 nitrogen and oxygen atoms in total. The van der Waals surface area contributed by atoms with Crippen LogP contribution in [0.1, 0.15) is 142 Å². The van der Waals surface area contributed by atoms with Gasteiger partial charge in [0.15, 0.2) is 0 Å². The molecule has 0 heterocycles. The Bertz CT molecular complexity index is 425. The lowest BCUT2D eigenvalue weighted by Gasteiger charge is -2.04.